The summed E-state index contributed by atoms with van der Waals surface area (Å²) in [6.07, 6.45) is 3.00. The van der Waals surface area contributed by atoms with E-state index in [1.54, 1.807) is 0 Å². The molecule has 0 radical (unpaired) electrons. The molecule has 14 heavy (non-hydrogen) atoms. The van der Waals surface area contributed by atoms with Crippen LogP contribution in [-0.4, -0.2) is 37.1 Å². The lowest BCUT2D eigenvalue weighted by Crippen LogP contribution is -2.36. The fraction of sp³-hybridized carbons (Fsp3) is 0.909. The summed E-state index contributed by atoms with van der Waals surface area (Å²) in [7, 11) is 2.10. The molecule has 1 saturated heterocycles. The van der Waals surface area contributed by atoms with E-state index < -0.39 is 0 Å². The summed E-state index contributed by atoms with van der Waals surface area (Å²) in [5.41, 5.74) is 0. The van der Waals surface area contributed by atoms with Crippen molar-refractivity contribution in [2.45, 2.75) is 39.2 Å². The normalized spacial score (nSPS) is 21.9. The second-order valence-corrected chi connectivity index (χ2v) is 4.25. The molecule has 82 valence electrons. The molecule has 0 aromatic heterocycles. The van der Waals surface area contributed by atoms with Crippen molar-refractivity contribution < 1.29 is 9.53 Å². The van der Waals surface area contributed by atoms with Gasteiger partial charge in [-0.3, -0.25) is 4.79 Å². The minimum Gasteiger partial charge on any atom is -0.462 e. The minimum atomic E-state index is -0.0259. The number of likely N-dealkylation sites (tertiary alicyclic amines) is 1. The van der Waals surface area contributed by atoms with Gasteiger partial charge in [0.25, 0.3) is 0 Å². The Kier molecular flexibility index (Phi) is 4.39. The summed E-state index contributed by atoms with van der Waals surface area (Å²) in [6.45, 7) is 6.02. The molecule has 0 aromatic rings. The highest BCUT2D eigenvalue weighted by Gasteiger charge is 2.22. The van der Waals surface area contributed by atoms with Gasteiger partial charge in [0.15, 0.2) is 0 Å². The van der Waals surface area contributed by atoms with E-state index in [4.69, 9.17) is 4.74 Å². The van der Waals surface area contributed by atoms with Crippen molar-refractivity contribution in [3.8, 4) is 0 Å². The molecule has 3 nitrogen and oxygen atoms in total. The van der Waals surface area contributed by atoms with Gasteiger partial charge in [-0.2, -0.15) is 0 Å². The van der Waals surface area contributed by atoms with Gasteiger partial charge in [-0.05, 0) is 26.3 Å². The number of piperidine rings is 1. The molecular weight excluding hydrogens is 178 g/mol. The van der Waals surface area contributed by atoms with E-state index in [2.05, 4.69) is 11.9 Å². The summed E-state index contributed by atoms with van der Waals surface area (Å²) in [6, 6.07) is 0. The Balaban J connectivity index is 2.27. The van der Waals surface area contributed by atoms with Crippen LogP contribution < -0.4 is 0 Å². The number of hydrogen-bond donors (Lipinski definition) is 0. The molecule has 0 saturated carbocycles. The third kappa shape index (κ3) is 3.29. The topological polar surface area (TPSA) is 29.5 Å². The summed E-state index contributed by atoms with van der Waals surface area (Å²) < 4.78 is 5.43. The molecule has 1 unspecified atom stereocenters. The molecule has 1 aliphatic heterocycles. The predicted octanol–water partition coefficient (Wildman–Crippen LogP) is 1.67. The zero-order valence-electron chi connectivity index (χ0n) is 9.45. The first-order valence-electron chi connectivity index (χ1n) is 5.52. The van der Waals surface area contributed by atoms with Crippen LogP contribution in [0.25, 0.3) is 0 Å². The molecular formula is C11H21NO2. The molecule has 1 heterocycles. The maximum Gasteiger partial charge on any atom is 0.308 e. The molecule has 0 aliphatic carbocycles. The van der Waals surface area contributed by atoms with Gasteiger partial charge < -0.3 is 9.64 Å². The largest absolute Gasteiger partial charge is 0.462 e. The highest BCUT2D eigenvalue weighted by Crippen LogP contribution is 2.15. The molecule has 1 atom stereocenters. The Morgan fingerprint density at radius 1 is 1.50 bits per heavy atom. The van der Waals surface area contributed by atoms with Crippen molar-refractivity contribution in [2.75, 3.05) is 20.1 Å². The summed E-state index contributed by atoms with van der Waals surface area (Å²) in [4.78, 5) is 13.8. The van der Waals surface area contributed by atoms with Crippen LogP contribution in [0.15, 0.2) is 0 Å². The lowest BCUT2D eigenvalue weighted by Gasteiger charge is -2.29. The lowest BCUT2D eigenvalue weighted by molar-refractivity contribution is -0.155. The van der Waals surface area contributed by atoms with Crippen LogP contribution >= 0.6 is 0 Å². The lowest BCUT2D eigenvalue weighted by atomic mass is 10.1. The Labute approximate surface area is 86.4 Å². The van der Waals surface area contributed by atoms with Crippen molar-refractivity contribution in [1.29, 1.82) is 0 Å². The van der Waals surface area contributed by atoms with Gasteiger partial charge in [0.2, 0.25) is 0 Å². The molecule has 0 aromatic carbocycles. The highest BCUT2D eigenvalue weighted by molar-refractivity contribution is 5.72. The van der Waals surface area contributed by atoms with Crippen molar-refractivity contribution >= 4 is 5.97 Å². The molecule has 0 spiro atoms. The predicted molar refractivity (Wildman–Crippen MR) is 56.1 cm³/mol. The molecule has 1 aliphatic rings. The van der Waals surface area contributed by atoms with E-state index in [-0.39, 0.29) is 18.0 Å². The molecule has 0 bridgehead atoms. The van der Waals surface area contributed by atoms with E-state index >= 15 is 0 Å². The number of ether oxygens (including phenoxy) is 1. The van der Waals surface area contributed by atoms with Gasteiger partial charge in [-0.15, -0.1) is 0 Å². The van der Waals surface area contributed by atoms with Crippen LogP contribution in [0.3, 0.4) is 0 Å². The van der Waals surface area contributed by atoms with Gasteiger partial charge in [-0.1, -0.05) is 13.8 Å². The second-order valence-electron chi connectivity index (χ2n) is 4.25. The first-order valence-corrected chi connectivity index (χ1v) is 5.52. The van der Waals surface area contributed by atoms with Crippen LogP contribution in [0.4, 0.5) is 0 Å². The van der Waals surface area contributed by atoms with E-state index in [0.717, 1.165) is 32.4 Å². The van der Waals surface area contributed by atoms with Crippen LogP contribution in [0.1, 0.15) is 33.1 Å². The Morgan fingerprint density at radius 2 is 2.07 bits per heavy atom. The van der Waals surface area contributed by atoms with E-state index in [1.807, 2.05) is 13.8 Å². The molecule has 3 heteroatoms. The third-order valence-corrected chi connectivity index (χ3v) is 2.96. The van der Waals surface area contributed by atoms with Crippen LogP contribution in [-0.2, 0) is 9.53 Å². The number of esters is 1. The van der Waals surface area contributed by atoms with Crippen LogP contribution in [0, 0.1) is 5.92 Å². The molecule has 0 amide bonds. The van der Waals surface area contributed by atoms with Gasteiger partial charge >= 0.3 is 5.97 Å². The Hall–Kier alpha value is -0.570. The van der Waals surface area contributed by atoms with Crippen LogP contribution in [0.5, 0.6) is 0 Å². The first kappa shape index (κ1) is 11.5. The maximum atomic E-state index is 11.5. The summed E-state index contributed by atoms with van der Waals surface area (Å²) in [5.74, 6) is 0.0247. The molecule has 1 fully saturated rings. The third-order valence-electron chi connectivity index (χ3n) is 2.96. The van der Waals surface area contributed by atoms with Crippen molar-refractivity contribution in [2.24, 2.45) is 5.92 Å². The summed E-state index contributed by atoms with van der Waals surface area (Å²) in [5, 5.41) is 0. The average Bonchev–Trinajstić information content (AvgIpc) is 2.20. The van der Waals surface area contributed by atoms with E-state index in [0.29, 0.717) is 0 Å². The zero-order chi connectivity index (χ0) is 10.6. The SMILES string of the molecule is CCC(C)C(=O)OC1CCN(C)CC1. The quantitative estimate of drug-likeness (QED) is 0.648. The van der Waals surface area contributed by atoms with E-state index in [9.17, 15) is 4.79 Å². The number of carbonyl (C=O) groups is 1. The van der Waals surface area contributed by atoms with Crippen molar-refractivity contribution in [1.82, 2.24) is 4.90 Å². The minimum absolute atomic E-state index is 0.0259. The van der Waals surface area contributed by atoms with Crippen LogP contribution in [0.2, 0.25) is 0 Å². The first-order chi connectivity index (χ1) is 6.63. The molecule has 1 rings (SSSR count). The highest BCUT2D eigenvalue weighted by atomic mass is 16.5. The fourth-order valence-electron chi connectivity index (χ4n) is 1.55. The summed E-state index contributed by atoms with van der Waals surface area (Å²) >= 11 is 0. The van der Waals surface area contributed by atoms with Gasteiger partial charge in [0.05, 0.1) is 5.92 Å². The fourth-order valence-corrected chi connectivity index (χ4v) is 1.55. The van der Waals surface area contributed by atoms with Gasteiger partial charge in [0, 0.05) is 13.1 Å². The maximum absolute atomic E-state index is 11.5. The van der Waals surface area contributed by atoms with Gasteiger partial charge in [-0.25, -0.2) is 0 Å². The number of carbonyl (C=O) groups excluding carboxylic acids is 1. The number of hydrogen-bond acceptors (Lipinski definition) is 3. The van der Waals surface area contributed by atoms with Crippen molar-refractivity contribution in [3.63, 3.8) is 0 Å². The zero-order valence-corrected chi connectivity index (χ0v) is 9.45. The Morgan fingerprint density at radius 3 is 2.57 bits per heavy atom. The smallest absolute Gasteiger partial charge is 0.308 e. The average molecular weight is 199 g/mol. The molecule has 0 N–H and O–H groups in total. The number of rotatable bonds is 3. The standard InChI is InChI=1S/C11H21NO2/c1-4-9(2)11(13)14-10-5-7-12(3)8-6-10/h9-10H,4-8H2,1-3H3. The monoisotopic (exact) mass is 199 g/mol. The number of nitrogens with zero attached hydrogens (tertiary/aromatic N) is 1. The van der Waals surface area contributed by atoms with Gasteiger partial charge in [0.1, 0.15) is 6.10 Å². The Bertz CT molecular complexity index is 186. The second kappa shape index (κ2) is 5.35. The van der Waals surface area contributed by atoms with E-state index in [1.165, 1.54) is 0 Å². The van der Waals surface area contributed by atoms with Crippen molar-refractivity contribution in [3.05, 3.63) is 0 Å².